The van der Waals surface area contributed by atoms with E-state index in [0.29, 0.717) is 0 Å². The number of aryl methyl sites for hydroxylation is 1. The molecule has 1 N–H and O–H groups in total. The Morgan fingerprint density at radius 2 is 1.76 bits per heavy atom. The van der Waals surface area contributed by atoms with Gasteiger partial charge in [-0.1, -0.05) is 22.8 Å². The largest absolute Gasteiger partial charge is 0.435 e. The van der Waals surface area contributed by atoms with Crippen LogP contribution in [0.25, 0.3) is 0 Å². The lowest BCUT2D eigenvalue weighted by Gasteiger charge is -2.35. The van der Waals surface area contributed by atoms with Gasteiger partial charge in [0.1, 0.15) is 5.82 Å². The molecule has 2 aromatic rings. The fraction of sp³-hybridized carbons (Fsp3) is 0.391. The van der Waals surface area contributed by atoms with Gasteiger partial charge in [0.2, 0.25) is 0 Å². The summed E-state index contributed by atoms with van der Waals surface area (Å²) in [7, 11) is 0. The van der Waals surface area contributed by atoms with Crippen LogP contribution in [-0.2, 0) is 16.6 Å². The first-order chi connectivity index (χ1) is 16.9. The zero-order valence-corrected chi connectivity index (χ0v) is 19.4. The Balaban J connectivity index is 1.63. The molecule has 37 heavy (non-hydrogen) atoms. The second-order valence-electron chi connectivity index (χ2n) is 8.91. The lowest BCUT2D eigenvalue weighted by atomic mass is 9.85. The standard InChI is InChI=1S/C23H16ClF9N2O2/c1-10-4-11(2-3-14(10)19(36)34-13-7-20(26,27)8-13)17-9-21(37-35-17,23(31,32)33)15-5-12(22(28,29)30)6-16(24)18(15)25/h2-6,13H,7-9H2,1H3,(H,34,36). The lowest BCUT2D eigenvalue weighted by Crippen LogP contribution is -2.50. The number of hydrogen-bond acceptors (Lipinski definition) is 3. The summed E-state index contributed by atoms with van der Waals surface area (Å²) in [5.74, 6) is -5.26. The third-order valence-corrected chi connectivity index (χ3v) is 6.48. The monoisotopic (exact) mass is 558 g/mol. The average Bonchev–Trinajstić information content (AvgIpc) is 3.20. The van der Waals surface area contributed by atoms with Crippen molar-refractivity contribution in [1.82, 2.24) is 5.32 Å². The van der Waals surface area contributed by atoms with Crippen molar-refractivity contribution in [2.45, 2.75) is 56.1 Å². The van der Waals surface area contributed by atoms with Gasteiger partial charge in [-0.2, -0.15) is 26.3 Å². The van der Waals surface area contributed by atoms with Crippen LogP contribution in [0.3, 0.4) is 0 Å². The summed E-state index contributed by atoms with van der Waals surface area (Å²) in [6, 6.07) is 3.13. The predicted molar refractivity (Wildman–Crippen MR) is 113 cm³/mol. The number of hydrogen-bond donors (Lipinski definition) is 1. The first kappa shape index (κ1) is 27.1. The highest BCUT2D eigenvalue weighted by Gasteiger charge is 2.64. The van der Waals surface area contributed by atoms with E-state index < -0.39 is 77.1 Å². The molecule has 2 aliphatic rings. The fourth-order valence-corrected chi connectivity index (χ4v) is 4.43. The SMILES string of the molecule is Cc1cc(C2=NOC(c3cc(C(F)(F)F)cc(Cl)c3F)(C(F)(F)F)C2)ccc1C(=O)NC1CC(F)(F)C1. The molecule has 1 fully saturated rings. The van der Waals surface area contributed by atoms with Gasteiger partial charge >= 0.3 is 12.4 Å². The average molecular weight is 559 g/mol. The van der Waals surface area contributed by atoms with Crippen LogP contribution in [0.15, 0.2) is 35.5 Å². The van der Waals surface area contributed by atoms with Gasteiger partial charge in [-0.3, -0.25) is 4.79 Å². The summed E-state index contributed by atoms with van der Waals surface area (Å²) < 4.78 is 123. The van der Waals surface area contributed by atoms with E-state index in [1.54, 1.807) is 0 Å². The van der Waals surface area contributed by atoms with E-state index in [4.69, 9.17) is 11.6 Å². The van der Waals surface area contributed by atoms with Crippen molar-refractivity contribution in [1.29, 1.82) is 0 Å². The Kier molecular flexibility index (Phi) is 6.45. The van der Waals surface area contributed by atoms with Gasteiger partial charge in [0.15, 0.2) is 0 Å². The van der Waals surface area contributed by atoms with Crippen LogP contribution in [0, 0.1) is 12.7 Å². The van der Waals surface area contributed by atoms with Gasteiger partial charge in [0.05, 0.1) is 22.7 Å². The van der Waals surface area contributed by atoms with Gasteiger partial charge in [-0.05, 0) is 42.3 Å². The van der Waals surface area contributed by atoms with E-state index >= 15 is 0 Å². The minimum atomic E-state index is -5.41. The molecule has 1 aliphatic heterocycles. The number of alkyl halides is 8. The van der Waals surface area contributed by atoms with Crippen molar-refractivity contribution < 1.29 is 49.1 Å². The highest BCUT2D eigenvalue weighted by atomic mass is 35.5. The van der Waals surface area contributed by atoms with Gasteiger partial charge in [-0.15, -0.1) is 0 Å². The fourth-order valence-electron chi connectivity index (χ4n) is 4.21. The van der Waals surface area contributed by atoms with Gasteiger partial charge in [-0.25, -0.2) is 13.2 Å². The van der Waals surface area contributed by atoms with E-state index in [9.17, 15) is 44.3 Å². The van der Waals surface area contributed by atoms with Crippen molar-refractivity contribution in [2.75, 3.05) is 0 Å². The molecule has 0 spiro atoms. The minimum absolute atomic E-state index is 0.0180. The molecular weight excluding hydrogens is 543 g/mol. The Bertz CT molecular complexity index is 1280. The molecule has 1 unspecified atom stereocenters. The molecule has 2 aromatic carbocycles. The third-order valence-electron chi connectivity index (χ3n) is 6.21. The molecule has 0 aromatic heterocycles. The number of benzene rings is 2. The highest BCUT2D eigenvalue weighted by molar-refractivity contribution is 6.30. The van der Waals surface area contributed by atoms with E-state index in [2.05, 4.69) is 15.3 Å². The molecule has 4 nitrogen and oxygen atoms in total. The maximum atomic E-state index is 14.7. The van der Waals surface area contributed by atoms with Crippen LogP contribution in [0.5, 0.6) is 0 Å². The second kappa shape index (κ2) is 8.81. The molecule has 1 aliphatic carbocycles. The topological polar surface area (TPSA) is 50.7 Å². The summed E-state index contributed by atoms with van der Waals surface area (Å²) in [5.41, 5.74) is -6.73. The van der Waals surface area contributed by atoms with Crippen LogP contribution in [0.4, 0.5) is 39.5 Å². The van der Waals surface area contributed by atoms with Crippen molar-refractivity contribution in [3.63, 3.8) is 0 Å². The normalized spacial score (nSPS) is 21.8. The smallest absolute Gasteiger partial charge is 0.374 e. The quantitative estimate of drug-likeness (QED) is 0.414. The Labute approximate surface area is 208 Å². The van der Waals surface area contributed by atoms with Crippen LogP contribution in [-0.4, -0.2) is 29.8 Å². The summed E-state index contributed by atoms with van der Waals surface area (Å²) >= 11 is 5.49. The van der Waals surface area contributed by atoms with Gasteiger partial charge in [0.25, 0.3) is 17.4 Å². The number of nitrogens with one attached hydrogen (secondary N) is 1. The molecule has 0 radical (unpaired) electrons. The van der Waals surface area contributed by atoms with Crippen molar-refractivity contribution in [3.8, 4) is 0 Å². The molecular formula is C23H16ClF9N2O2. The van der Waals surface area contributed by atoms with Crippen LogP contribution < -0.4 is 5.32 Å². The molecule has 200 valence electrons. The van der Waals surface area contributed by atoms with Crippen molar-refractivity contribution in [2.24, 2.45) is 5.16 Å². The summed E-state index contributed by atoms with van der Waals surface area (Å²) in [6.45, 7) is 1.44. The number of rotatable bonds is 4. The number of amides is 1. The number of carbonyl (C=O) groups excluding carboxylic acids is 1. The Morgan fingerprint density at radius 3 is 2.30 bits per heavy atom. The molecule has 14 heteroatoms. The maximum Gasteiger partial charge on any atom is 0.435 e. The summed E-state index contributed by atoms with van der Waals surface area (Å²) in [4.78, 5) is 17.0. The van der Waals surface area contributed by atoms with Gasteiger partial charge < -0.3 is 10.2 Å². The van der Waals surface area contributed by atoms with E-state index in [0.717, 1.165) is 0 Å². The summed E-state index contributed by atoms with van der Waals surface area (Å²) in [6.07, 6.45) is -12.7. The molecule has 0 bridgehead atoms. The number of halogens is 10. The second-order valence-corrected chi connectivity index (χ2v) is 9.32. The molecule has 1 saturated carbocycles. The maximum absolute atomic E-state index is 14.7. The zero-order chi connectivity index (χ0) is 27.6. The Morgan fingerprint density at radius 1 is 1.11 bits per heavy atom. The third kappa shape index (κ3) is 4.97. The summed E-state index contributed by atoms with van der Waals surface area (Å²) in [5, 5.41) is 4.64. The van der Waals surface area contributed by atoms with Gasteiger partial charge in [0, 0.05) is 30.0 Å². The highest BCUT2D eigenvalue weighted by Crippen LogP contribution is 2.51. The number of nitrogens with zero attached hydrogens (tertiary/aromatic N) is 1. The van der Waals surface area contributed by atoms with E-state index in [1.165, 1.54) is 25.1 Å². The number of oxime groups is 1. The van der Waals surface area contributed by atoms with Crippen molar-refractivity contribution in [3.05, 3.63) is 69.0 Å². The molecule has 1 amide bonds. The van der Waals surface area contributed by atoms with Crippen LogP contribution >= 0.6 is 11.6 Å². The molecule has 0 saturated heterocycles. The molecule has 1 atom stereocenters. The number of carbonyl (C=O) groups is 1. The first-order valence-electron chi connectivity index (χ1n) is 10.6. The van der Waals surface area contributed by atoms with E-state index in [1.807, 2.05) is 0 Å². The predicted octanol–water partition coefficient (Wildman–Crippen LogP) is 6.92. The van der Waals surface area contributed by atoms with Crippen LogP contribution in [0.2, 0.25) is 5.02 Å². The zero-order valence-electron chi connectivity index (χ0n) is 18.6. The molecule has 1 heterocycles. The van der Waals surface area contributed by atoms with E-state index in [-0.39, 0.29) is 34.5 Å². The molecule has 4 rings (SSSR count). The Hall–Kier alpha value is -2.96. The van der Waals surface area contributed by atoms with Crippen molar-refractivity contribution >= 4 is 23.2 Å². The first-order valence-corrected chi connectivity index (χ1v) is 11.0. The minimum Gasteiger partial charge on any atom is -0.374 e. The van der Waals surface area contributed by atoms with Crippen LogP contribution in [0.1, 0.15) is 51.9 Å². The lowest BCUT2D eigenvalue weighted by molar-refractivity contribution is -0.276.